The van der Waals surface area contributed by atoms with Crippen molar-refractivity contribution in [2.24, 2.45) is 5.73 Å². The number of nitrogens with two attached hydrogens (primary N) is 1. The van der Waals surface area contributed by atoms with E-state index < -0.39 is 0 Å². The zero-order valence-corrected chi connectivity index (χ0v) is 8.82. The van der Waals surface area contributed by atoms with E-state index in [0.29, 0.717) is 6.54 Å². The van der Waals surface area contributed by atoms with Gasteiger partial charge in [0.15, 0.2) is 0 Å². The molecule has 1 aliphatic heterocycles. The highest BCUT2D eigenvalue weighted by atomic mass is 19.1. The van der Waals surface area contributed by atoms with Gasteiger partial charge in [0.05, 0.1) is 0 Å². The van der Waals surface area contributed by atoms with Gasteiger partial charge >= 0.3 is 0 Å². The van der Waals surface area contributed by atoms with E-state index in [1.165, 1.54) is 25.0 Å². The number of nitrogens with zero attached hydrogens (tertiary/aromatic N) is 1. The summed E-state index contributed by atoms with van der Waals surface area (Å²) in [7, 11) is 0. The van der Waals surface area contributed by atoms with Crippen LogP contribution in [-0.2, 0) is 0 Å². The SMILES string of the molecule is NC[C@@H](c1ccc(F)cc1)N1CCCC1. The molecule has 0 amide bonds. The Kier molecular flexibility index (Phi) is 3.34. The molecule has 0 bridgehead atoms. The first-order valence-electron chi connectivity index (χ1n) is 5.51. The minimum Gasteiger partial charge on any atom is -0.329 e. The van der Waals surface area contributed by atoms with Gasteiger partial charge in [0.1, 0.15) is 5.82 Å². The second-order valence-electron chi connectivity index (χ2n) is 4.05. The van der Waals surface area contributed by atoms with Gasteiger partial charge in [-0.25, -0.2) is 4.39 Å². The van der Waals surface area contributed by atoms with Crippen molar-refractivity contribution in [3.05, 3.63) is 35.6 Å². The van der Waals surface area contributed by atoms with Crippen LogP contribution < -0.4 is 5.73 Å². The average molecular weight is 208 g/mol. The lowest BCUT2D eigenvalue weighted by atomic mass is 10.1. The van der Waals surface area contributed by atoms with E-state index in [-0.39, 0.29) is 11.9 Å². The maximum atomic E-state index is 12.8. The van der Waals surface area contributed by atoms with Crippen molar-refractivity contribution < 1.29 is 4.39 Å². The number of halogens is 1. The molecule has 2 rings (SSSR count). The van der Waals surface area contributed by atoms with Crippen LogP contribution >= 0.6 is 0 Å². The van der Waals surface area contributed by atoms with Gasteiger partial charge in [0.2, 0.25) is 0 Å². The highest BCUT2D eigenvalue weighted by Crippen LogP contribution is 2.24. The largest absolute Gasteiger partial charge is 0.329 e. The van der Waals surface area contributed by atoms with Crippen LogP contribution in [-0.4, -0.2) is 24.5 Å². The van der Waals surface area contributed by atoms with Crippen LogP contribution in [0, 0.1) is 5.82 Å². The van der Waals surface area contributed by atoms with Crippen molar-refractivity contribution in [3.63, 3.8) is 0 Å². The molecule has 0 unspecified atom stereocenters. The first-order chi connectivity index (χ1) is 7.31. The molecule has 0 spiro atoms. The van der Waals surface area contributed by atoms with Gasteiger partial charge in [-0.1, -0.05) is 12.1 Å². The minimum atomic E-state index is -0.184. The Morgan fingerprint density at radius 2 is 1.80 bits per heavy atom. The average Bonchev–Trinajstić information content (AvgIpc) is 2.75. The third kappa shape index (κ3) is 2.36. The number of benzene rings is 1. The van der Waals surface area contributed by atoms with Crippen molar-refractivity contribution >= 4 is 0 Å². The predicted octanol–water partition coefficient (Wildman–Crippen LogP) is 1.92. The molecule has 1 atom stereocenters. The van der Waals surface area contributed by atoms with Crippen molar-refractivity contribution in [2.45, 2.75) is 18.9 Å². The first-order valence-corrected chi connectivity index (χ1v) is 5.51. The van der Waals surface area contributed by atoms with Crippen LogP contribution in [0.1, 0.15) is 24.4 Å². The first kappa shape index (κ1) is 10.6. The van der Waals surface area contributed by atoms with E-state index in [2.05, 4.69) is 4.90 Å². The van der Waals surface area contributed by atoms with Gasteiger partial charge in [0.25, 0.3) is 0 Å². The summed E-state index contributed by atoms with van der Waals surface area (Å²) >= 11 is 0. The van der Waals surface area contributed by atoms with Gasteiger partial charge in [0, 0.05) is 12.6 Å². The van der Waals surface area contributed by atoms with Gasteiger partial charge in [-0.2, -0.15) is 0 Å². The molecule has 1 aliphatic rings. The summed E-state index contributed by atoms with van der Waals surface area (Å²) in [4.78, 5) is 2.38. The molecule has 0 saturated carbocycles. The maximum Gasteiger partial charge on any atom is 0.123 e. The van der Waals surface area contributed by atoms with Crippen molar-refractivity contribution in [1.82, 2.24) is 4.90 Å². The Labute approximate surface area is 89.9 Å². The summed E-state index contributed by atoms with van der Waals surface area (Å²) in [6.07, 6.45) is 2.50. The Balaban J connectivity index is 2.14. The molecule has 0 radical (unpaired) electrons. The molecule has 15 heavy (non-hydrogen) atoms. The van der Waals surface area contributed by atoms with E-state index in [0.717, 1.165) is 18.7 Å². The summed E-state index contributed by atoms with van der Waals surface area (Å²) in [6.45, 7) is 2.82. The number of hydrogen-bond donors (Lipinski definition) is 1. The number of likely N-dealkylation sites (tertiary alicyclic amines) is 1. The van der Waals surface area contributed by atoms with E-state index in [9.17, 15) is 4.39 Å². The van der Waals surface area contributed by atoms with E-state index in [1.54, 1.807) is 0 Å². The number of hydrogen-bond acceptors (Lipinski definition) is 2. The Hall–Kier alpha value is -0.930. The summed E-state index contributed by atoms with van der Waals surface area (Å²) in [6, 6.07) is 6.95. The number of rotatable bonds is 3. The molecule has 0 aromatic heterocycles. The highest BCUT2D eigenvalue weighted by molar-refractivity contribution is 5.20. The summed E-state index contributed by atoms with van der Waals surface area (Å²) in [5.41, 5.74) is 6.91. The quantitative estimate of drug-likeness (QED) is 0.822. The second-order valence-corrected chi connectivity index (χ2v) is 4.05. The van der Waals surface area contributed by atoms with Gasteiger partial charge in [-0.3, -0.25) is 4.90 Å². The third-order valence-corrected chi connectivity index (χ3v) is 3.06. The highest BCUT2D eigenvalue weighted by Gasteiger charge is 2.21. The summed E-state index contributed by atoms with van der Waals surface area (Å²) in [5.74, 6) is -0.184. The van der Waals surface area contributed by atoms with Crippen molar-refractivity contribution in [1.29, 1.82) is 0 Å². The van der Waals surface area contributed by atoms with Crippen LogP contribution in [0.2, 0.25) is 0 Å². The van der Waals surface area contributed by atoms with Crippen LogP contribution in [0.25, 0.3) is 0 Å². The lowest BCUT2D eigenvalue weighted by Gasteiger charge is -2.26. The standard InChI is InChI=1S/C12H17FN2/c13-11-5-3-10(4-6-11)12(9-14)15-7-1-2-8-15/h3-6,12H,1-2,7-9,14H2/t12-/m0/s1. The lowest BCUT2D eigenvalue weighted by Crippen LogP contribution is -2.31. The fraction of sp³-hybridized carbons (Fsp3) is 0.500. The van der Waals surface area contributed by atoms with Crippen molar-refractivity contribution in [2.75, 3.05) is 19.6 Å². The molecule has 1 heterocycles. The molecule has 0 aliphatic carbocycles. The fourth-order valence-electron chi connectivity index (χ4n) is 2.23. The van der Waals surface area contributed by atoms with Crippen LogP contribution in [0.4, 0.5) is 4.39 Å². The molecule has 2 nitrogen and oxygen atoms in total. The topological polar surface area (TPSA) is 29.3 Å². The molecule has 1 aromatic rings. The maximum absolute atomic E-state index is 12.8. The molecule has 82 valence electrons. The smallest absolute Gasteiger partial charge is 0.123 e. The molecule has 3 heteroatoms. The fourth-order valence-corrected chi connectivity index (χ4v) is 2.23. The predicted molar refractivity (Wildman–Crippen MR) is 59.0 cm³/mol. The Morgan fingerprint density at radius 1 is 1.20 bits per heavy atom. The van der Waals surface area contributed by atoms with Crippen LogP contribution in [0.5, 0.6) is 0 Å². The van der Waals surface area contributed by atoms with Gasteiger partial charge in [-0.05, 0) is 43.6 Å². The second kappa shape index (κ2) is 4.73. The molecule has 2 N–H and O–H groups in total. The molecular weight excluding hydrogens is 191 g/mol. The Bertz CT molecular complexity index is 304. The zero-order valence-electron chi connectivity index (χ0n) is 8.82. The summed E-state index contributed by atoms with van der Waals surface area (Å²) < 4.78 is 12.8. The van der Waals surface area contributed by atoms with Crippen molar-refractivity contribution in [3.8, 4) is 0 Å². The molecule has 1 saturated heterocycles. The normalized spacial score (nSPS) is 19.3. The van der Waals surface area contributed by atoms with Crippen LogP contribution in [0.15, 0.2) is 24.3 Å². The summed E-state index contributed by atoms with van der Waals surface area (Å²) in [5, 5.41) is 0. The molecule has 1 aromatic carbocycles. The minimum absolute atomic E-state index is 0.184. The zero-order chi connectivity index (χ0) is 10.7. The van der Waals surface area contributed by atoms with Gasteiger partial charge < -0.3 is 5.73 Å². The Morgan fingerprint density at radius 3 is 2.33 bits per heavy atom. The molecule has 1 fully saturated rings. The third-order valence-electron chi connectivity index (χ3n) is 3.06. The van der Waals surface area contributed by atoms with E-state index in [1.807, 2.05) is 12.1 Å². The van der Waals surface area contributed by atoms with Gasteiger partial charge in [-0.15, -0.1) is 0 Å². The lowest BCUT2D eigenvalue weighted by molar-refractivity contribution is 0.251. The van der Waals surface area contributed by atoms with E-state index in [4.69, 9.17) is 5.73 Å². The van der Waals surface area contributed by atoms with Crippen LogP contribution in [0.3, 0.4) is 0 Å². The molecular formula is C12H17FN2. The monoisotopic (exact) mass is 208 g/mol. The van der Waals surface area contributed by atoms with E-state index >= 15 is 0 Å².